The second-order valence-electron chi connectivity index (χ2n) is 6.58. The highest BCUT2D eigenvalue weighted by Gasteiger charge is 2.36. The standard InChI is InChI=1S/C17H20F2N2/c1-11-7-21(8-12-4-5-13(18)6-14(12)19)9-15-16(11)17(2,3)10-20-15/h4-6,9,20H,7-8,10H2,1-3H3. The largest absolute Gasteiger partial charge is 0.383 e. The summed E-state index contributed by atoms with van der Waals surface area (Å²) in [6.45, 7) is 8.74. The van der Waals surface area contributed by atoms with Gasteiger partial charge in [-0.05, 0) is 24.1 Å². The van der Waals surface area contributed by atoms with Crippen molar-refractivity contribution in [2.45, 2.75) is 27.3 Å². The highest BCUT2D eigenvalue weighted by molar-refractivity contribution is 5.45. The van der Waals surface area contributed by atoms with E-state index in [1.165, 1.54) is 23.3 Å². The van der Waals surface area contributed by atoms with E-state index in [0.717, 1.165) is 24.9 Å². The van der Waals surface area contributed by atoms with Gasteiger partial charge in [-0.25, -0.2) is 8.78 Å². The zero-order valence-electron chi connectivity index (χ0n) is 12.6. The van der Waals surface area contributed by atoms with Crippen molar-refractivity contribution in [2.24, 2.45) is 5.41 Å². The Balaban J connectivity index is 1.83. The van der Waals surface area contributed by atoms with Gasteiger partial charge in [0, 0.05) is 42.9 Å². The first kappa shape index (κ1) is 14.1. The summed E-state index contributed by atoms with van der Waals surface area (Å²) in [5.74, 6) is -1.02. The van der Waals surface area contributed by atoms with Crippen LogP contribution in [0.4, 0.5) is 8.78 Å². The zero-order valence-corrected chi connectivity index (χ0v) is 12.6. The van der Waals surface area contributed by atoms with Crippen molar-refractivity contribution < 1.29 is 8.78 Å². The van der Waals surface area contributed by atoms with E-state index < -0.39 is 11.6 Å². The molecule has 2 nitrogen and oxygen atoms in total. The lowest BCUT2D eigenvalue weighted by atomic mass is 9.82. The molecule has 0 atom stereocenters. The molecule has 1 fully saturated rings. The molecule has 0 aromatic heterocycles. The van der Waals surface area contributed by atoms with E-state index in [2.05, 4.69) is 37.2 Å². The fourth-order valence-corrected chi connectivity index (χ4v) is 3.36. The lowest BCUT2D eigenvalue weighted by molar-refractivity contribution is 0.374. The second-order valence-corrected chi connectivity index (χ2v) is 6.58. The van der Waals surface area contributed by atoms with Gasteiger partial charge in [0.1, 0.15) is 11.6 Å². The summed E-state index contributed by atoms with van der Waals surface area (Å²) >= 11 is 0. The van der Waals surface area contributed by atoms with Crippen molar-refractivity contribution in [3.63, 3.8) is 0 Å². The minimum absolute atomic E-state index is 0.142. The normalized spacial score (nSPS) is 20.2. The third-order valence-corrected chi connectivity index (χ3v) is 4.23. The van der Waals surface area contributed by atoms with Crippen molar-refractivity contribution >= 4 is 0 Å². The molecule has 2 aliphatic rings. The van der Waals surface area contributed by atoms with E-state index >= 15 is 0 Å². The average molecular weight is 290 g/mol. The van der Waals surface area contributed by atoms with Crippen molar-refractivity contribution in [3.05, 3.63) is 58.4 Å². The minimum atomic E-state index is -0.536. The second kappa shape index (κ2) is 4.86. The summed E-state index contributed by atoms with van der Waals surface area (Å²) in [4.78, 5) is 2.07. The van der Waals surface area contributed by atoms with Crippen LogP contribution in [0.3, 0.4) is 0 Å². The van der Waals surface area contributed by atoms with E-state index in [4.69, 9.17) is 0 Å². The van der Waals surface area contributed by atoms with Crippen LogP contribution in [0.15, 0.2) is 41.2 Å². The Morgan fingerprint density at radius 3 is 2.76 bits per heavy atom. The van der Waals surface area contributed by atoms with Gasteiger partial charge in [0.25, 0.3) is 0 Å². The molecular formula is C17H20F2N2. The summed E-state index contributed by atoms with van der Waals surface area (Å²) < 4.78 is 26.7. The van der Waals surface area contributed by atoms with Gasteiger partial charge in [0.2, 0.25) is 0 Å². The highest BCUT2D eigenvalue weighted by Crippen LogP contribution is 2.40. The Hall–Kier alpha value is -1.84. The third-order valence-electron chi connectivity index (χ3n) is 4.23. The van der Waals surface area contributed by atoms with E-state index in [1.54, 1.807) is 0 Å². The smallest absolute Gasteiger partial charge is 0.131 e. The molecule has 2 aliphatic heterocycles. The van der Waals surface area contributed by atoms with Crippen LogP contribution >= 0.6 is 0 Å². The zero-order chi connectivity index (χ0) is 15.2. The maximum Gasteiger partial charge on any atom is 0.131 e. The molecular weight excluding hydrogens is 270 g/mol. The first-order valence-corrected chi connectivity index (χ1v) is 7.21. The van der Waals surface area contributed by atoms with Gasteiger partial charge >= 0.3 is 0 Å². The highest BCUT2D eigenvalue weighted by atomic mass is 19.1. The fraction of sp³-hybridized carbons (Fsp3) is 0.412. The van der Waals surface area contributed by atoms with Crippen molar-refractivity contribution in [3.8, 4) is 0 Å². The number of allylic oxidation sites excluding steroid dienone is 1. The van der Waals surface area contributed by atoms with Crippen LogP contribution in [0.5, 0.6) is 0 Å². The first-order valence-electron chi connectivity index (χ1n) is 7.21. The Bertz CT molecular complexity index is 644. The molecule has 0 bridgehead atoms. The van der Waals surface area contributed by atoms with Gasteiger partial charge in [-0.2, -0.15) is 0 Å². The summed E-state index contributed by atoms with van der Waals surface area (Å²) in [7, 11) is 0. The topological polar surface area (TPSA) is 15.3 Å². The van der Waals surface area contributed by atoms with E-state index in [0.29, 0.717) is 12.1 Å². The summed E-state index contributed by atoms with van der Waals surface area (Å²) in [5.41, 5.74) is 4.47. The number of nitrogens with one attached hydrogen (secondary N) is 1. The quantitative estimate of drug-likeness (QED) is 0.896. The number of hydrogen-bond donors (Lipinski definition) is 1. The lowest BCUT2D eigenvalue weighted by Gasteiger charge is -2.30. The number of hydrogen-bond acceptors (Lipinski definition) is 2. The summed E-state index contributed by atoms with van der Waals surface area (Å²) in [6.07, 6.45) is 2.06. The van der Waals surface area contributed by atoms with Gasteiger partial charge in [0.05, 0.1) is 5.70 Å². The molecule has 0 aliphatic carbocycles. The molecule has 0 spiro atoms. The molecule has 0 unspecified atom stereocenters. The molecule has 0 saturated carbocycles. The van der Waals surface area contributed by atoms with Gasteiger partial charge in [-0.1, -0.05) is 19.9 Å². The van der Waals surface area contributed by atoms with Crippen LogP contribution in [0.2, 0.25) is 0 Å². The maximum atomic E-state index is 13.8. The molecule has 4 heteroatoms. The predicted molar refractivity (Wildman–Crippen MR) is 79.3 cm³/mol. The molecule has 1 aromatic rings. The first-order chi connectivity index (χ1) is 9.87. The van der Waals surface area contributed by atoms with Crippen LogP contribution in [0.25, 0.3) is 0 Å². The SMILES string of the molecule is CC1=C2C(=CN(Cc3ccc(F)cc3F)C1)NCC2(C)C. The van der Waals surface area contributed by atoms with Gasteiger partial charge in [0.15, 0.2) is 0 Å². The van der Waals surface area contributed by atoms with Gasteiger partial charge < -0.3 is 10.2 Å². The Morgan fingerprint density at radius 2 is 2.05 bits per heavy atom. The molecule has 1 aromatic carbocycles. The molecule has 2 heterocycles. The van der Waals surface area contributed by atoms with E-state index in [9.17, 15) is 8.78 Å². The third kappa shape index (κ3) is 2.55. The molecule has 3 rings (SSSR count). The van der Waals surface area contributed by atoms with Gasteiger partial charge in [-0.15, -0.1) is 0 Å². The molecule has 112 valence electrons. The molecule has 21 heavy (non-hydrogen) atoms. The molecule has 1 saturated heterocycles. The van der Waals surface area contributed by atoms with Crippen LogP contribution < -0.4 is 5.32 Å². The molecule has 0 amide bonds. The maximum absolute atomic E-state index is 13.8. The van der Waals surface area contributed by atoms with Gasteiger partial charge in [-0.3, -0.25) is 0 Å². The van der Waals surface area contributed by atoms with Crippen LogP contribution in [0.1, 0.15) is 26.3 Å². The van der Waals surface area contributed by atoms with Crippen molar-refractivity contribution in [1.29, 1.82) is 0 Å². The van der Waals surface area contributed by atoms with E-state index in [-0.39, 0.29) is 5.41 Å². The lowest BCUT2D eigenvalue weighted by Crippen LogP contribution is -2.27. The molecule has 0 radical (unpaired) electrons. The number of fused-ring (bicyclic) bond motifs is 1. The molecule has 1 N–H and O–H groups in total. The monoisotopic (exact) mass is 290 g/mol. The fourth-order valence-electron chi connectivity index (χ4n) is 3.36. The predicted octanol–water partition coefficient (Wildman–Crippen LogP) is 3.57. The Morgan fingerprint density at radius 1 is 1.29 bits per heavy atom. The number of rotatable bonds is 2. The summed E-state index contributed by atoms with van der Waals surface area (Å²) in [5, 5.41) is 3.43. The van der Waals surface area contributed by atoms with Crippen molar-refractivity contribution in [2.75, 3.05) is 13.1 Å². The number of nitrogens with zero attached hydrogens (tertiary/aromatic N) is 1. The Labute approximate surface area is 124 Å². The van der Waals surface area contributed by atoms with Crippen molar-refractivity contribution in [1.82, 2.24) is 10.2 Å². The average Bonchev–Trinajstić information content (AvgIpc) is 2.69. The van der Waals surface area contributed by atoms with Crippen LogP contribution in [-0.2, 0) is 6.54 Å². The number of halogens is 2. The van der Waals surface area contributed by atoms with Crippen LogP contribution in [-0.4, -0.2) is 18.0 Å². The summed E-state index contributed by atoms with van der Waals surface area (Å²) in [6, 6.07) is 3.77. The van der Waals surface area contributed by atoms with Crippen LogP contribution in [0, 0.1) is 17.0 Å². The minimum Gasteiger partial charge on any atom is -0.383 e. The Kier molecular flexibility index (Phi) is 3.27. The van der Waals surface area contributed by atoms with E-state index in [1.807, 2.05) is 0 Å². The number of benzene rings is 1.